The molecule has 0 atom stereocenters. The van der Waals surface area contributed by atoms with Crippen molar-refractivity contribution in [1.82, 2.24) is 4.90 Å². The maximum absolute atomic E-state index is 8.90. The minimum atomic E-state index is 0.0535. The SMILES string of the molecule is CC1=CC(=C(C)C#N)C=C(C)N1CCOCCO. The number of nitriles is 1. The number of nitrogens with zero attached hydrogens (tertiary/aromatic N) is 2. The van der Waals surface area contributed by atoms with Gasteiger partial charge in [-0.15, -0.1) is 0 Å². The standard InChI is InChI=1S/C14H20N2O2/c1-11(10-15)14-8-12(2)16(13(3)9-14)4-6-18-7-5-17/h8-9,17H,4-7H2,1-3H3. The molecule has 98 valence electrons. The smallest absolute Gasteiger partial charge is 0.0950 e. The van der Waals surface area contributed by atoms with Gasteiger partial charge in [0, 0.05) is 23.5 Å². The summed E-state index contributed by atoms with van der Waals surface area (Å²) >= 11 is 0. The summed E-state index contributed by atoms with van der Waals surface area (Å²) in [7, 11) is 0. The molecule has 1 N–H and O–H groups in total. The molecule has 0 unspecified atom stereocenters. The lowest BCUT2D eigenvalue weighted by molar-refractivity contribution is 0.0837. The van der Waals surface area contributed by atoms with E-state index in [0.717, 1.165) is 29.1 Å². The van der Waals surface area contributed by atoms with Gasteiger partial charge in [0.2, 0.25) is 0 Å². The van der Waals surface area contributed by atoms with E-state index in [9.17, 15) is 0 Å². The molecular weight excluding hydrogens is 228 g/mol. The summed E-state index contributed by atoms with van der Waals surface area (Å²) in [5, 5.41) is 17.5. The number of ether oxygens (including phenoxy) is 1. The molecule has 0 radical (unpaired) electrons. The highest BCUT2D eigenvalue weighted by molar-refractivity contribution is 5.46. The number of hydrogen-bond acceptors (Lipinski definition) is 4. The average molecular weight is 248 g/mol. The second kappa shape index (κ2) is 7.00. The Bertz CT molecular complexity index is 406. The largest absolute Gasteiger partial charge is 0.394 e. The maximum atomic E-state index is 8.90. The molecule has 4 heteroatoms. The first-order valence-corrected chi connectivity index (χ1v) is 6.04. The summed E-state index contributed by atoms with van der Waals surface area (Å²) in [6.07, 6.45) is 4.02. The third-order valence-corrected chi connectivity index (χ3v) is 2.88. The van der Waals surface area contributed by atoms with E-state index in [1.165, 1.54) is 0 Å². The van der Waals surface area contributed by atoms with Crippen molar-refractivity contribution in [2.24, 2.45) is 0 Å². The number of hydrogen-bond donors (Lipinski definition) is 1. The highest BCUT2D eigenvalue weighted by atomic mass is 16.5. The van der Waals surface area contributed by atoms with Crippen LogP contribution in [-0.4, -0.2) is 36.4 Å². The first kappa shape index (κ1) is 14.5. The van der Waals surface area contributed by atoms with Gasteiger partial charge in [0.25, 0.3) is 0 Å². The van der Waals surface area contributed by atoms with Crippen LogP contribution in [0.15, 0.2) is 34.7 Å². The number of aliphatic hydroxyl groups is 1. The Morgan fingerprint density at radius 3 is 2.44 bits per heavy atom. The minimum Gasteiger partial charge on any atom is -0.394 e. The van der Waals surface area contributed by atoms with E-state index in [0.29, 0.717) is 13.2 Å². The van der Waals surface area contributed by atoms with Crippen LogP contribution in [0.4, 0.5) is 0 Å². The summed E-state index contributed by atoms with van der Waals surface area (Å²) in [5.74, 6) is 0. The third-order valence-electron chi connectivity index (χ3n) is 2.88. The maximum Gasteiger partial charge on any atom is 0.0950 e. The second-order valence-corrected chi connectivity index (χ2v) is 4.25. The zero-order valence-corrected chi connectivity index (χ0v) is 11.2. The Kier molecular flexibility index (Phi) is 5.63. The number of aliphatic hydroxyl groups excluding tert-OH is 1. The van der Waals surface area contributed by atoms with Crippen LogP contribution >= 0.6 is 0 Å². The van der Waals surface area contributed by atoms with E-state index in [2.05, 4.69) is 11.0 Å². The molecule has 1 heterocycles. The van der Waals surface area contributed by atoms with Crippen molar-refractivity contribution in [3.63, 3.8) is 0 Å². The van der Waals surface area contributed by atoms with Crippen molar-refractivity contribution >= 4 is 0 Å². The Hall–Kier alpha value is -1.57. The van der Waals surface area contributed by atoms with Crippen molar-refractivity contribution in [2.45, 2.75) is 20.8 Å². The fourth-order valence-electron chi connectivity index (χ4n) is 1.88. The number of allylic oxidation sites excluding steroid dienone is 6. The van der Waals surface area contributed by atoms with Crippen molar-refractivity contribution in [1.29, 1.82) is 5.26 Å². The lowest BCUT2D eigenvalue weighted by Crippen LogP contribution is -2.26. The van der Waals surface area contributed by atoms with Gasteiger partial charge in [0.15, 0.2) is 0 Å². The first-order valence-electron chi connectivity index (χ1n) is 6.04. The Morgan fingerprint density at radius 1 is 1.33 bits per heavy atom. The lowest BCUT2D eigenvalue weighted by atomic mass is 10.0. The molecular formula is C14H20N2O2. The van der Waals surface area contributed by atoms with Crippen molar-refractivity contribution < 1.29 is 9.84 Å². The van der Waals surface area contributed by atoms with Gasteiger partial charge >= 0.3 is 0 Å². The quantitative estimate of drug-likeness (QED) is 0.597. The molecule has 1 aliphatic heterocycles. The van der Waals surface area contributed by atoms with Gasteiger partial charge in [-0.25, -0.2) is 0 Å². The van der Waals surface area contributed by atoms with Crippen LogP contribution in [0.2, 0.25) is 0 Å². The predicted octanol–water partition coefficient (Wildman–Crippen LogP) is 1.96. The van der Waals surface area contributed by atoms with E-state index in [4.69, 9.17) is 15.1 Å². The normalized spacial score (nSPS) is 15.1. The zero-order valence-electron chi connectivity index (χ0n) is 11.2. The molecule has 0 aromatic heterocycles. The highest BCUT2D eigenvalue weighted by Crippen LogP contribution is 2.23. The molecule has 0 saturated carbocycles. The summed E-state index contributed by atoms with van der Waals surface area (Å²) < 4.78 is 5.27. The Morgan fingerprint density at radius 2 is 1.94 bits per heavy atom. The Balaban J connectivity index is 2.70. The fraction of sp³-hybridized carbons (Fsp3) is 0.500. The van der Waals surface area contributed by atoms with E-state index < -0.39 is 0 Å². The van der Waals surface area contributed by atoms with E-state index >= 15 is 0 Å². The average Bonchev–Trinajstić information content (AvgIpc) is 2.35. The minimum absolute atomic E-state index is 0.0535. The predicted molar refractivity (Wildman–Crippen MR) is 70.4 cm³/mol. The Labute approximate surface area is 108 Å². The van der Waals surface area contributed by atoms with Gasteiger partial charge in [-0.1, -0.05) is 0 Å². The fourth-order valence-corrected chi connectivity index (χ4v) is 1.88. The first-order chi connectivity index (χ1) is 8.60. The van der Waals surface area contributed by atoms with E-state index in [-0.39, 0.29) is 6.61 Å². The van der Waals surface area contributed by atoms with Crippen LogP contribution in [0.3, 0.4) is 0 Å². The van der Waals surface area contributed by atoms with Gasteiger partial charge in [-0.2, -0.15) is 5.26 Å². The summed E-state index contributed by atoms with van der Waals surface area (Å²) in [4.78, 5) is 2.14. The summed E-state index contributed by atoms with van der Waals surface area (Å²) in [6.45, 7) is 7.62. The van der Waals surface area contributed by atoms with Crippen LogP contribution in [0.5, 0.6) is 0 Å². The molecule has 0 aliphatic carbocycles. The lowest BCUT2D eigenvalue weighted by Gasteiger charge is -2.29. The summed E-state index contributed by atoms with van der Waals surface area (Å²) in [6, 6.07) is 2.17. The van der Waals surface area contributed by atoms with Gasteiger partial charge in [0.05, 0.1) is 25.9 Å². The van der Waals surface area contributed by atoms with E-state index in [1.54, 1.807) is 0 Å². The van der Waals surface area contributed by atoms with Gasteiger partial charge in [-0.3, -0.25) is 0 Å². The van der Waals surface area contributed by atoms with E-state index in [1.807, 2.05) is 32.9 Å². The molecule has 0 amide bonds. The topological polar surface area (TPSA) is 56.5 Å². The molecule has 4 nitrogen and oxygen atoms in total. The molecule has 18 heavy (non-hydrogen) atoms. The summed E-state index contributed by atoms with van der Waals surface area (Å²) in [5.41, 5.74) is 3.91. The molecule has 0 aromatic carbocycles. The third kappa shape index (κ3) is 3.73. The van der Waals surface area contributed by atoms with Crippen molar-refractivity contribution in [3.05, 3.63) is 34.7 Å². The molecule has 1 aliphatic rings. The highest BCUT2D eigenvalue weighted by Gasteiger charge is 2.14. The van der Waals surface area contributed by atoms with Gasteiger partial charge < -0.3 is 14.7 Å². The molecule has 0 bridgehead atoms. The van der Waals surface area contributed by atoms with Crippen LogP contribution in [0.25, 0.3) is 0 Å². The molecule has 0 aromatic rings. The van der Waals surface area contributed by atoms with Crippen LogP contribution in [0, 0.1) is 11.3 Å². The van der Waals surface area contributed by atoms with Crippen molar-refractivity contribution in [2.75, 3.05) is 26.4 Å². The van der Waals surface area contributed by atoms with Crippen LogP contribution < -0.4 is 0 Å². The molecule has 0 spiro atoms. The molecule has 1 rings (SSSR count). The monoisotopic (exact) mass is 248 g/mol. The van der Waals surface area contributed by atoms with Crippen molar-refractivity contribution in [3.8, 4) is 6.07 Å². The molecule has 0 fully saturated rings. The van der Waals surface area contributed by atoms with Crippen LogP contribution in [-0.2, 0) is 4.74 Å². The van der Waals surface area contributed by atoms with Gasteiger partial charge in [-0.05, 0) is 38.5 Å². The number of rotatable bonds is 5. The van der Waals surface area contributed by atoms with Crippen LogP contribution in [0.1, 0.15) is 20.8 Å². The zero-order chi connectivity index (χ0) is 13.5. The second-order valence-electron chi connectivity index (χ2n) is 4.25. The van der Waals surface area contributed by atoms with Gasteiger partial charge in [0.1, 0.15) is 0 Å². The molecule has 0 saturated heterocycles.